The van der Waals surface area contributed by atoms with Gasteiger partial charge in [-0.3, -0.25) is 0 Å². The molecule has 0 spiro atoms. The van der Waals surface area contributed by atoms with Gasteiger partial charge in [-0.1, -0.05) is 43.7 Å². The Morgan fingerprint density at radius 1 is 1.24 bits per heavy atom. The zero-order valence-corrected chi connectivity index (χ0v) is 10.1. The molecule has 0 saturated carbocycles. The Labute approximate surface area is 102 Å². The average molecular weight is 238 g/mol. The van der Waals surface area contributed by atoms with Gasteiger partial charge in [0.15, 0.2) is 0 Å². The Morgan fingerprint density at radius 3 is 2.53 bits per heavy atom. The van der Waals surface area contributed by atoms with E-state index in [1.807, 2.05) is 30.3 Å². The highest BCUT2D eigenvalue weighted by molar-refractivity contribution is 6.32. The molecular weight excluding hydrogens is 219 g/mol. The van der Waals surface area contributed by atoms with Gasteiger partial charge in [0.05, 0.1) is 6.61 Å². The van der Waals surface area contributed by atoms with E-state index in [4.69, 9.17) is 19.4 Å². The predicted molar refractivity (Wildman–Crippen MR) is 65.8 cm³/mol. The lowest BCUT2D eigenvalue weighted by Crippen LogP contribution is -2.28. The maximum atomic E-state index is 8.77. The second kappa shape index (κ2) is 8.25. The van der Waals surface area contributed by atoms with Crippen LogP contribution >= 0.6 is 0 Å². The smallest absolute Gasteiger partial charge is 0.402 e. The van der Waals surface area contributed by atoms with Crippen molar-refractivity contribution in [2.24, 2.45) is 0 Å². The Kier molecular flexibility index (Phi) is 6.89. The van der Waals surface area contributed by atoms with Crippen molar-refractivity contribution in [3.8, 4) is 0 Å². The summed E-state index contributed by atoms with van der Waals surface area (Å²) in [6, 6.07) is 9.70. The molecule has 17 heavy (non-hydrogen) atoms. The Hall–Kier alpha value is -0.875. The monoisotopic (exact) mass is 238 g/mol. The van der Waals surface area contributed by atoms with Crippen LogP contribution in [0.1, 0.15) is 31.7 Å². The van der Waals surface area contributed by atoms with E-state index in [0.29, 0.717) is 13.0 Å². The van der Waals surface area contributed by atoms with Crippen LogP contribution in [0.25, 0.3) is 0 Å². The summed E-state index contributed by atoms with van der Waals surface area (Å²) in [5, 5.41) is 17.5. The first-order chi connectivity index (χ1) is 8.22. The lowest BCUT2D eigenvalue weighted by Gasteiger charge is -2.18. The average Bonchev–Trinajstić information content (AvgIpc) is 2.33. The topological polar surface area (TPSA) is 58.9 Å². The summed E-state index contributed by atoms with van der Waals surface area (Å²) in [6.45, 7) is 2.46. The molecule has 2 N–H and O–H groups in total. The van der Waals surface area contributed by atoms with Gasteiger partial charge in [0.25, 0.3) is 0 Å². The van der Waals surface area contributed by atoms with Gasteiger partial charge in [-0.05, 0) is 18.4 Å². The molecule has 1 unspecified atom stereocenters. The van der Waals surface area contributed by atoms with Crippen LogP contribution in [0.4, 0.5) is 0 Å². The third kappa shape index (κ3) is 6.43. The molecule has 1 atom stereocenters. The van der Waals surface area contributed by atoms with Gasteiger partial charge in [-0.25, -0.2) is 0 Å². The van der Waals surface area contributed by atoms with Crippen LogP contribution in [0.2, 0.25) is 0 Å². The highest BCUT2D eigenvalue weighted by atomic mass is 16.7. The molecule has 4 nitrogen and oxygen atoms in total. The summed E-state index contributed by atoms with van der Waals surface area (Å²) < 4.78 is 10.4. The molecule has 0 heterocycles. The van der Waals surface area contributed by atoms with Crippen molar-refractivity contribution >= 4 is 7.32 Å². The van der Waals surface area contributed by atoms with E-state index in [1.165, 1.54) is 0 Å². The molecule has 5 heteroatoms. The highest BCUT2D eigenvalue weighted by Gasteiger charge is 2.18. The van der Waals surface area contributed by atoms with Crippen molar-refractivity contribution in [1.29, 1.82) is 0 Å². The summed E-state index contributed by atoms with van der Waals surface area (Å²) >= 11 is 0. The van der Waals surface area contributed by atoms with E-state index in [9.17, 15) is 0 Å². The number of ether oxygens (including phenoxy) is 1. The van der Waals surface area contributed by atoms with Crippen molar-refractivity contribution in [3.63, 3.8) is 0 Å². The van der Waals surface area contributed by atoms with Gasteiger partial charge in [0.1, 0.15) is 6.29 Å². The van der Waals surface area contributed by atoms with Crippen molar-refractivity contribution in [1.82, 2.24) is 0 Å². The minimum absolute atomic E-state index is 0.405. The summed E-state index contributed by atoms with van der Waals surface area (Å²) in [7, 11) is -1.78. The molecule has 1 aromatic rings. The summed E-state index contributed by atoms with van der Waals surface area (Å²) in [6.07, 6.45) is 2.01. The minimum Gasteiger partial charge on any atom is -0.402 e. The van der Waals surface area contributed by atoms with Crippen molar-refractivity contribution in [3.05, 3.63) is 35.9 Å². The first kappa shape index (κ1) is 14.2. The molecule has 0 saturated heterocycles. The predicted octanol–water partition coefficient (Wildman–Crippen LogP) is 1.71. The standard InChI is InChI=1S/C12H19BO4/c1-2-3-9-12(17-13(14)15)16-10-11-7-5-4-6-8-11/h4-8,12,14-15H,2-3,9-10H2,1H3. The van der Waals surface area contributed by atoms with Gasteiger partial charge in [0, 0.05) is 0 Å². The van der Waals surface area contributed by atoms with Crippen LogP contribution in [-0.4, -0.2) is 23.7 Å². The molecule has 0 aliphatic heterocycles. The Bertz CT molecular complexity index is 292. The van der Waals surface area contributed by atoms with Crippen molar-refractivity contribution in [2.45, 2.75) is 39.1 Å². The fourth-order valence-corrected chi connectivity index (χ4v) is 1.46. The number of hydrogen-bond acceptors (Lipinski definition) is 4. The molecule has 0 aliphatic carbocycles. The van der Waals surface area contributed by atoms with Crippen LogP contribution in [0.5, 0.6) is 0 Å². The lowest BCUT2D eigenvalue weighted by molar-refractivity contribution is -0.114. The molecule has 1 aromatic carbocycles. The van der Waals surface area contributed by atoms with Crippen LogP contribution in [0.3, 0.4) is 0 Å². The molecule has 0 aromatic heterocycles. The molecule has 94 valence electrons. The molecule has 0 bridgehead atoms. The number of unbranched alkanes of at least 4 members (excludes halogenated alkanes) is 1. The van der Waals surface area contributed by atoms with Gasteiger partial charge < -0.3 is 19.4 Å². The number of hydrogen-bond donors (Lipinski definition) is 2. The van der Waals surface area contributed by atoms with E-state index in [1.54, 1.807) is 0 Å². The van der Waals surface area contributed by atoms with E-state index < -0.39 is 13.6 Å². The van der Waals surface area contributed by atoms with E-state index in [-0.39, 0.29) is 0 Å². The third-order valence-electron chi connectivity index (χ3n) is 2.35. The van der Waals surface area contributed by atoms with E-state index in [0.717, 1.165) is 18.4 Å². The lowest BCUT2D eigenvalue weighted by atomic mass is 10.2. The van der Waals surface area contributed by atoms with E-state index in [2.05, 4.69) is 6.92 Å². The van der Waals surface area contributed by atoms with E-state index >= 15 is 0 Å². The number of rotatable bonds is 8. The molecule has 0 aliphatic rings. The third-order valence-corrected chi connectivity index (χ3v) is 2.35. The first-order valence-corrected chi connectivity index (χ1v) is 5.89. The summed E-state index contributed by atoms with van der Waals surface area (Å²) in [4.78, 5) is 0. The van der Waals surface area contributed by atoms with Crippen molar-refractivity contribution < 1.29 is 19.4 Å². The second-order valence-electron chi connectivity index (χ2n) is 3.83. The maximum Gasteiger partial charge on any atom is 0.635 e. The number of benzene rings is 1. The maximum absolute atomic E-state index is 8.77. The SMILES string of the molecule is CCCCC(OCc1ccccc1)OB(O)O. The van der Waals surface area contributed by atoms with Crippen LogP contribution in [-0.2, 0) is 16.0 Å². The fourth-order valence-electron chi connectivity index (χ4n) is 1.46. The highest BCUT2D eigenvalue weighted by Crippen LogP contribution is 2.10. The minimum atomic E-state index is -1.78. The Morgan fingerprint density at radius 2 is 1.94 bits per heavy atom. The molecule has 0 amide bonds. The van der Waals surface area contributed by atoms with Gasteiger partial charge in [-0.2, -0.15) is 0 Å². The summed E-state index contributed by atoms with van der Waals surface area (Å²) in [5.41, 5.74) is 1.03. The van der Waals surface area contributed by atoms with Crippen LogP contribution < -0.4 is 0 Å². The van der Waals surface area contributed by atoms with Gasteiger partial charge in [-0.15, -0.1) is 0 Å². The molecular formula is C12H19BO4. The second-order valence-corrected chi connectivity index (χ2v) is 3.83. The quantitative estimate of drug-likeness (QED) is 0.534. The summed E-state index contributed by atoms with van der Waals surface area (Å²) in [5.74, 6) is 0. The molecule has 0 fully saturated rings. The first-order valence-electron chi connectivity index (χ1n) is 5.89. The largest absolute Gasteiger partial charge is 0.635 e. The molecule has 1 rings (SSSR count). The normalized spacial score (nSPS) is 12.4. The zero-order valence-electron chi connectivity index (χ0n) is 10.1. The van der Waals surface area contributed by atoms with Gasteiger partial charge in [0.2, 0.25) is 0 Å². The zero-order chi connectivity index (χ0) is 12.5. The van der Waals surface area contributed by atoms with Crippen LogP contribution in [0.15, 0.2) is 30.3 Å². The molecule has 0 radical (unpaired) electrons. The van der Waals surface area contributed by atoms with Crippen molar-refractivity contribution in [2.75, 3.05) is 0 Å². The Balaban J connectivity index is 2.37. The fraction of sp³-hybridized carbons (Fsp3) is 0.500. The van der Waals surface area contributed by atoms with Gasteiger partial charge >= 0.3 is 7.32 Å². The van der Waals surface area contributed by atoms with Crippen LogP contribution in [0, 0.1) is 0 Å².